The Morgan fingerprint density at radius 2 is 2.25 bits per heavy atom. The zero-order chi connectivity index (χ0) is 8.81. The van der Waals surface area contributed by atoms with Crippen molar-refractivity contribution in [2.24, 2.45) is 0 Å². The summed E-state index contributed by atoms with van der Waals surface area (Å²) in [6.45, 7) is 0. The van der Waals surface area contributed by atoms with Crippen molar-refractivity contribution >= 4 is 29.3 Å². The Labute approximate surface area is 82.0 Å². The second kappa shape index (κ2) is 5.18. The summed E-state index contributed by atoms with van der Waals surface area (Å²) in [6, 6.07) is 3.68. The molecule has 0 N–H and O–H groups in total. The van der Waals surface area contributed by atoms with Gasteiger partial charge in [0.15, 0.2) is 0 Å². The molecule has 1 aromatic rings. The normalized spacial score (nSPS) is 10.8. The van der Waals surface area contributed by atoms with E-state index in [1.807, 2.05) is 24.3 Å². The van der Waals surface area contributed by atoms with Gasteiger partial charge in [0, 0.05) is 12.1 Å². The van der Waals surface area contributed by atoms with Crippen molar-refractivity contribution in [2.75, 3.05) is 5.88 Å². The van der Waals surface area contributed by atoms with E-state index in [-0.39, 0.29) is 0 Å². The number of aromatic nitrogens is 1. The van der Waals surface area contributed by atoms with Crippen LogP contribution in [0.15, 0.2) is 24.4 Å². The molecular weight excluding hydrogens is 193 g/mol. The third-order valence-corrected chi connectivity index (χ3v) is 1.76. The molecule has 0 aliphatic rings. The number of allylic oxidation sites excluding steroid dienone is 1. The summed E-state index contributed by atoms with van der Waals surface area (Å²) in [5.74, 6) is 0.643. The van der Waals surface area contributed by atoms with Crippen molar-refractivity contribution in [3.63, 3.8) is 0 Å². The van der Waals surface area contributed by atoms with Crippen LogP contribution in [-0.4, -0.2) is 10.9 Å². The highest BCUT2D eigenvalue weighted by Crippen LogP contribution is 2.07. The van der Waals surface area contributed by atoms with Gasteiger partial charge in [-0.05, 0) is 24.6 Å². The Morgan fingerprint density at radius 1 is 1.42 bits per heavy atom. The van der Waals surface area contributed by atoms with Gasteiger partial charge < -0.3 is 0 Å². The first-order valence-corrected chi connectivity index (χ1v) is 4.58. The summed E-state index contributed by atoms with van der Waals surface area (Å²) < 4.78 is 0. The molecule has 1 nitrogen and oxygen atoms in total. The highest BCUT2D eigenvalue weighted by Gasteiger charge is 1.87. The van der Waals surface area contributed by atoms with Crippen molar-refractivity contribution in [1.29, 1.82) is 0 Å². The van der Waals surface area contributed by atoms with Crippen LogP contribution in [0, 0.1) is 0 Å². The maximum absolute atomic E-state index is 5.67. The van der Waals surface area contributed by atoms with Crippen molar-refractivity contribution in [1.82, 2.24) is 4.98 Å². The van der Waals surface area contributed by atoms with Gasteiger partial charge in [-0.25, -0.2) is 0 Å². The Morgan fingerprint density at radius 3 is 2.83 bits per heavy atom. The van der Waals surface area contributed by atoms with Gasteiger partial charge in [-0.3, -0.25) is 4.98 Å². The summed E-state index contributed by atoms with van der Waals surface area (Å²) in [7, 11) is 0. The van der Waals surface area contributed by atoms with Crippen LogP contribution in [0.5, 0.6) is 0 Å². The first-order chi connectivity index (χ1) is 5.83. The minimum absolute atomic E-state index is 0.643. The van der Waals surface area contributed by atoms with Gasteiger partial charge in [-0.15, -0.1) is 11.6 Å². The number of hydrogen-bond donors (Lipinski definition) is 0. The summed E-state index contributed by atoms with van der Waals surface area (Å²) in [6.07, 6.45) is 6.41. The molecule has 12 heavy (non-hydrogen) atoms. The van der Waals surface area contributed by atoms with Crippen LogP contribution >= 0.6 is 23.2 Å². The van der Waals surface area contributed by atoms with Gasteiger partial charge in [-0.2, -0.15) is 0 Å². The van der Waals surface area contributed by atoms with E-state index in [9.17, 15) is 0 Å². The van der Waals surface area contributed by atoms with Crippen LogP contribution < -0.4 is 0 Å². The fourth-order valence-corrected chi connectivity index (χ4v) is 0.991. The molecule has 0 unspecified atom stereocenters. The Kier molecular flexibility index (Phi) is 4.12. The minimum atomic E-state index is 0.643. The van der Waals surface area contributed by atoms with Crippen LogP contribution in [0.4, 0.5) is 0 Å². The van der Waals surface area contributed by atoms with Gasteiger partial charge in [0.1, 0.15) is 0 Å². The highest BCUT2D eigenvalue weighted by molar-refractivity contribution is 6.30. The van der Waals surface area contributed by atoms with Crippen molar-refractivity contribution in [3.05, 3.63) is 35.1 Å². The molecule has 0 saturated heterocycles. The topological polar surface area (TPSA) is 12.9 Å². The zero-order valence-corrected chi connectivity index (χ0v) is 8.02. The molecule has 0 fully saturated rings. The number of alkyl halides is 1. The molecule has 0 saturated carbocycles. The van der Waals surface area contributed by atoms with Gasteiger partial charge in [0.2, 0.25) is 0 Å². The van der Waals surface area contributed by atoms with E-state index in [1.165, 1.54) is 0 Å². The molecule has 0 spiro atoms. The lowest BCUT2D eigenvalue weighted by Crippen LogP contribution is -1.78. The van der Waals surface area contributed by atoms with E-state index < -0.39 is 0 Å². The summed E-state index contributed by atoms with van der Waals surface area (Å²) in [4.78, 5) is 4.09. The largest absolute Gasteiger partial charge is 0.255 e. The molecule has 0 bridgehead atoms. The minimum Gasteiger partial charge on any atom is -0.255 e. The molecular formula is C9H9Cl2N. The van der Waals surface area contributed by atoms with Crippen LogP contribution in [0.2, 0.25) is 5.02 Å². The highest BCUT2D eigenvalue weighted by atomic mass is 35.5. The standard InChI is InChI=1S/C9H9Cl2N/c10-6-2-1-3-9-5-4-8(11)7-12-9/h1,3-5,7H,2,6H2. The monoisotopic (exact) mass is 201 g/mol. The molecule has 0 aliphatic heterocycles. The molecule has 1 heterocycles. The molecule has 0 radical (unpaired) electrons. The number of nitrogens with zero attached hydrogens (tertiary/aromatic N) is 1. The number of rotatable bonds is 3. The van der Waals surface area contributed by atoms with E-state index in [4.69, 9.17) is 23.2 Å². The van der Waals surface area contributed by atoms with E-state index in [1.54, 1.807) is 6.20 Å². The van der Waals surface area contributed by atoms with Gasteiger partial charge >= 0.3 is 0 Å². The first kappa shape index (κ1) is 9.56. The van der Waals surface area contributed by atoms with Crippen LogP contribution in [-0.2, 0) is 0 Å². The molecule has 3 heteroatoms. The molecule has 0 aliphatic carbocycles. The maximum atomic E-state index is 5.67. The van der Waals surface area contributed by atoms with E-state index >= 15 is 0 Å². The Bertz CT molecular complexity index is 254. The summed E-state index contributed by atoms with van der Waals surface area (Å²) in [5.41, 5.74) is 0.907. The van der Waals surface area contributed by atoms with Gasteiger partial charge in [0.05, 0.1) is 10.7 Å². The molecule has 0 aromatic carbocycles. The van der Waals surface area contributed by atoms with Crippen LogP contribution in [0.25, 0.3) is 6.08 Å². The quantitative estimate of drug-likeness (QED) is 0.684. The predicted molar refractivity (Wildman–Crippen MR) is 53.6 cm³/mol. The summed E-state index contributed by atoms with van der Waals surface area (Å²) >= 11 is 11.2. The molecule has 1 rings (SSSR count). The third-order valence-electron chi connectivity index (χ3n) is 1.31. The molecule has 0 amide bonds. The van der Waals surface area contributed by atoms with Crippen molar-refractivity contribution in [3.8, 4) is 0 Å². The lowest BCUT2D eigenvalue weighted by Gasteiger charge is -1.91. The lowest BCUT2D eigenvalue weighted by atomic mass is 10.3. The molecule has 1 aromatic heterocycles. The fraction of sp³-hybridized carbons (Fsp3) is 0.222. The Balaban J connectivity index is 2.58. The molecule has 64 valence electrons. The third kappa shape index (κ3) is 3.24. The number of pyridine rings is 1. The second-order valence-corrected chi connectivity index (χ2v) is 3.10. The maximum Gasteiger partial charge on any atom is 0.0627 e. The Hall–Kier alpha value is -0.530. The first-order valence-electron chi connectivity index (χ1n) is 3.67. The van der Waals surface area contributed by atoms with E-state index in [0.717, 1.165) is 12.1 Å². The van der Waals surface area contributed by atoms with Crippen LogP contribution in [0.1, 0.15) is 12.1 Å². The number of hydrogen-bond acceptors (Lipinski definition) is 1. The van der Waals surface area contributed by atoms with E-state index in [2.05, 4.69) is 4.98 Å². The van der Waals surface area contributed by atoms with Crippen molar-refractivity contribution in [2.45, 2.75) is 6.42 Å². The molecule has 0 atom stereocenters. The van der Waals surface area contributed by atoms with E-state index in [0.29, 0.717) is 10.9 Å². The summed E-state index contributed by atoms with van der Waals surface area (Å²) in [5, 5.41) is 0.657. The smallest absolute Gasteiger partial charge is 0.0627 e. The average Bonchev–Trinajstić information content (AvgIpc) is 2.09. The van der Waals surface area contributed by atoms with Gasteiger partial charge in [-0.1, -0.05) is 17.7 Å². The van der Waals surface area contributed by atoms with Crippen molar-refractivity contribution < 1.29 is 0 Å². The lowest BCUT2D eigenvalue weighted by molar-refractivity contribution is 1.23. The van der Waals surface area contributed by atoms with Gasteiger partial charge in [0.25, 0.3) is 0 Å². The zero-order valence-electron chi connectivity index (χ0n) is 6.50. The average molecular weight is 202 g/mol. The fourth-order valence-electron chi connectivity index (χ4n) is 0.753. The SMILES string of the molecule is ClCCC=Cc1ccc(Cl)cn1. The second-order valence-electron chi connectivity index (χ2n) is 2.28. The predicted octanol–water partition coefficient (Wildman–Crippen LogP) is 3.38. The van der Waals surface area contributed by atoms with Crippen LogP contribution in [0.3, 0.4) is 0 Å². The number of halogens is 2.